The summed E-state index contributed by atoms with van der Waals surface area (Å²) < 4.78 is 19.6. The minimum atomic E-state index is -0.582. The van der Waals surface area contributed by atoms with E-state index in [9.17, 15) is 19.1 Å². The van der Waals surface area contributed by atoms with Gasteiger partial charge in [-0.25, -0.2) is 9.37 Å². The summed E-state index contributed by atoms with van der Waals surface area (Å²) >= 11 is 0. The largest absolute Gasteiger partial charge is 0.504 e. The van der Waals surface area contributed by atoms with Gasteiger partial charge in [-0.3, -0.25) is 14.6 Å². The molecule has 9 nitrogen and oxygen atoms in total. The molecule has 0 radical (unpaired) electrons. The van der Waals surface area contributed by atoms with Crippen LogP contribution in [0.2, 0.25) is 0 Å². The van der Waals surface area contributed by atoms with Crippen LogP contribution in [0.4, 0.5) is 10.2 Å². The van der Waals surface area contributed by atoms with Crippen molar-refractivity contribution in [1.82, 2.24) is 20.2 Å². The monoisotopic (exact) mass is 479 g/mol. The van der Waals surface area contributed by atoms with Gasteiger partial charge in [0, 0.05) is 62.4 Å². The summed E-state index contributed by atoms with van der Waals surface area (Å²) in [7, 11) is 0. The number of fused-ring (bicyclic) bond motifs is 10. The lowest BCUT2D eigenvalue weighted by Crippen LogP contribution is -2.49. The van der Waals surface area contributed by atoms with Crippen molar-refractivity contribution < 1.29 is 23.8 Å². The van der Waals surface area contributed by atoms with E-state index in [0.29, 0.717) is 74.6 Å². The van der Waals surface area contributed by atoms with Gasteiger partial charge in [-0.15, -0.1) is 0 Å². The van der Waals surface area contributed by atoms with Crippen molar-refractivity contribution in [3.63, 3.8) is 0 Å². The first-order valence-corrected chi connectivity index (χ1v) is 11.7. The normalized spacial score (nSPS) is 17.4. The third-order valence-corrected chi connectivity index (χ3v) is 6.37. The first kappa shape index (κ1) is 22.8. The highest BCUT2D eigenvalue weighted by Crippen LogP contribution is 2.33. The van der Waals surface area contributed by atoms with Crippen LogP contribution < -0.4 is 15.0 Å². The molecule has 1 saturated heterocycles. The number of hydrogen-bond acceptors (Lipinski definition) is 7. The van der Waals surface area contributed by atoms with Gasteiger partial charge in [0.25, 0.3) is 5.91 Å². The van der Waals surface area contributed by atoms with Crippen LogP contribution in [0.15, 0.2) is 36.5 Å². The van der Waals surface area contributed by atoms with E-state index in [0.717, 1.165) is 0 Å². The number of aromatic nitrogens is 2. The Hall–Kier alpha value is -3.95. The lowest BCUT2D eigenvalue weighted by Gasteiger charge is -2.36. The molecule has 182 valence electrons. The number of rotatable bonds is 0. The van der Waals surface area contributed by atoms with Crippen molar-refractivity contribution in [2.45, 2.75) is 25.8 Å². The summed E-state index contributed by atoms with van der Waals surface area (Å²) in [4.78, 5) is 38.5. The molecule has 2 N–H and O–H groups in total. The Morgan fingerprint density at radius 3 is 2.69 bits per heavy atom. The fourth-order valence-electron chi connectivity index (χ4n) is 4.46. The highest BCUT2D eigenvalue weighted by molar-refractivity contribution is 6.04. The molecule has 3 aromatic rings. The number of halogens is 1. The van der Waals surface area contributed by atoms with Crippen LogP contribution in [0.3, 0.4) is 0 Å². The van der Waals surface area contributed by atoms with Gasteiger partial charge in [0.2, 0.25) is 5.91 Å². The fraction of sp³-hybridized carbons (Fsp3) is 0.360. The van der Waals surface area contributed by atoms with Gasteiger partial charge >= 0.3 is 0 Å². The number of ether oxygens (including phenoxy) is 1. The number of nitrogens with zero attached hydrogens (tertiary/aromatic N) is 4. The van der Waals surface area contributed by atoms with Crippen molar-refractivity contribution in [3.8, 4) is 11.5 Å². The van der Waals surface area contributed by atoms with Gasteiger partial charge < -0.3 is 25.0 Å². The molecule has 35 heavy (non-hydrogen) atoms. The van der Waals surface area contributed by atoms with Crippen LogP contribution >= 0.6 is 0 Å². The summed E-state index contributed by atoms with van der Waals surface area (Å²) in [6.07, 6.45) is 3.28. The minimum Gasteiger partial charge on any atom is -0.504 e. The van der Waals surface area contributed by atoms with Crippen LogP contribution in [0, 0.1) is 5.82 Å². The molecule has 0 atom stereocenters. The molecule has 0 aliphatic carbocycles. The number of amides is 2. The van der Waals surface area contributed by atoms with Crippen molar-refractivity contribution in [1.29, 1.82) is 0 Å². The van der Waals surface area contributed by atoms with Gasteiger partial charge in [-0.05, 0) is 31.0 Å². The average Bonchev–Trinajstić information content (AvgIpc) is 2.88. The molecule has 0 spiro atoms. The maximum atomic E-state index is 13.8. The van der Waals surface area contributed by atoms with E-state index in [2.05, 4.69) is 15.3 Å². The lowest BCUT2D eigenvalue weighted by atomic mass is 10.1. The number of piperazine rings is 1. The van der Waals surface area contributed by atoms with Crippen LogP contribution in [0.1, 0.15) is 35.3 Å². The maximum absolute atomic E-state index is 13.8. The Labute approximate surface area is 201 Å². The molecule has 4 bridgehead atoms. The first-order chi connectivity index (χ1) is 17.0. The smallest absolute Gasteiger partial charge is 0.274 e. The second-order valence-electron chi connectivity index (χ2n) is 8.64. The molecule has 10 heteroatoms. The molecule has 2 aromatic heterocycles. The molecule has 0 unspecified atom stereocenters. The molecular weight excluding hydrogens is 453 g/mol. The number of carbonyl (C=O) groups excluding carboxylic acids is 2. The van der Waals surface area contributed by atoms with E-state index in [4.69, 9.17) is 4.74 Å². The van der Waals surface area contributed by atoms with Crippen molar-refractivity contribution in [2.75, 3.05) is 37.7 Å². The Kier molecular flexibility index (Phi) is 6.35. The summed E-state index contributed by atoms with van der Waals surface area (Å²) in [5, 5.41) is 14.2. The molecule has 0 saturated carbocycles. The van der Waals surface area contributed by atoms with Gasteiger partial charge in [0.15, 0.2) is 11.4 Å². The standard InChI is InChI=1S/C25H26FN5O4/c26-17-7-6-16-15-28-25(34)22-23(33)21-18(4-3-8-27-21)24(29-22)31-11-9-30(10-12-31)20(32)5-1-2-13-35-19(16)14-17/h3-4,6-8,14,33H,1-2,5,9-13,15H2,(H,28,34). The van der Waals surface area contributed by atoms with Crippen molar-refractivity contribution in [2.24, 2.45) is 0 Å². The first-order valence-electron chi connectivity index (χ1n) is 11.7. The minimum absolute atomic E-state index is 0.0579. The van der Waals surface area contributed by atoms with E-state index in [1.165, 1.54) is 12.1 Å². The number of nitrogens with one attached hydrogen (secondary N) is 1. The van der Waals surface area contributed by atoms with E-state index in [1.807, 2.05) is 9.80 Å². The van der Waals surface area contributed by atoms with E-state index in [1.54, 1.807) is 24.4 Å². The zero-order valence-electron chi connectivity index (χ0n) is 19.2. The SMILES string of the molecule is O=C1NCc2ccc(F)cc2OCCCCC(=O)N2CCN(CC2)c2nc1c(O)c1ncccc21. The fourth-order valence-corrected chi connectivity index (χ4v) is 4.46. The molecule has 6 rings (SSSR count). The Morgan fingerprint density at radius 1 is 1.06 bits per heavy atom. The second kappa shape index (κ2) is 9.73. The van der Waals surface area contributed by atoms with E-state index in [-0.39, 0.29) is 29.4 Å². The van der Waals surface area contributed by atoms with Crippen LogP contribution in [0.5, 0.6) is 11.5 Å². The summed E-state index contributed by atoms with van der Waals surface area (Å²) in [6, 6.07) is 7.67. The average molecular weight is 480 g/mol. The number of carbonyl (C=O) groups is 2. The van der Waals surface area contributed by atoms with Crippen LogP contribution in [-0.4, -0.2) is 64.6 Å². The maximum Gasteiger partial charge on any atom is 0.274 e. The Morgan fingerprint density at radius 2 is 1.86 bits per heavy atom. The number of benzene rings is 1. The second-order valence-corrected chi connectivity index (χ2v) is 8.64. The topological polar surface area (TPSA) is 108 Å². The van der Waals surface area contributed by atoms with Gasteiger partial charge in [-0.2, -0.15) is 0 Å². The number of pyridine rings is 2. The third kappa shape index (κ3) is 4.68. The molecular formula is C25H26FN5O4. The lowest BCUT2D eigenvalue weighted by molar-refractivity contribution is -0.131. The predicted octanol–water partition coefficient (Wildman–Crippen LogP) is 2.62. The molecule has 1 aromatic carbocycles. The van der Waals surface area contributed by atoms with Gasteiger partial charge in [0.1, 0.15) is 22.9 Å². The third-order valence-electron chi connectivity index (χ3n) is 6.37. The van der Waals surface area contributed by atoms with E-state index >= 15 is 0 Å². The molecule has 3 aliphatic rings. The summed E-state index contributed by atoms with van der Waals surface area (Å²) in [5.74, 6) is -0.390. The van der Waals surface area contributed by atoms with Gasteiger partial charge in [-0.1, -0.05) is 6.07 Å². The van der Waals surface area contributed by atoms with Crippen LogP contribution in [0.25, 0.3) is 10.9 Å². The Balaban J connectivity index is 1.53. The molecule has 5 heterocycles. The zero-order chi connectivity index (χ0) is 24.4. The predicted molar refractivity (Wildman–Crippen MR) is 127 cm³/mol. The number of hydrogen-bond donors (Lipinski definition) is 2. The highest BCUT2D eigenvalue weighted by Gasteiger charge is 2.27. The summed E-state index contributed by atoms with van der Waals surface area (Å²) in [6.45, 7) is 2.56. The molecule has 3 aliphatic heterocycles. The number of anilines is 1. The van der Waals surface area contributed by atoms with E-state index < -0.39 is 11.7 Å². The van der Waals surface area contributed by atoms with Gasteiger partial charge in [0.05, 0.1) is 6.61 Å². The molecule has 1 fully saturated rings. The highest BCUT2D eigenvalue weighted by atomic mass is 19.1. The Bertz CT molecular complexity index is 1280. The molecule has 2 amide bonds. The quantitative estimate of drug-likeness (QED) is 0.510. The van der Waals surface area contributed by atoms with Crippen LogP contribution in [-0.2, 0) is 11.3 Å². The van der Waals surface area contributed by atoms with Crippen molar-refractivity contribution >= 4 is 28.5 Å². The zero-order valence-corrected chi connectivity index (χ0v) is 19.2. The van der Waals surface area contributed by atoms with Crippen molar-refractivity contribution in [3.05, 3.63) is 53.6 Å². The number of aromatic hydroxyl groups is 1. The summed E-state index contributed by atoms with van der Waals surface area (Å²) in [5.41, 5.74) is 0.723.